The standard InChI is InChI=1S/C12H15N3O2S.2ClH/c1-8-11(18-7-14-8)5-15(2)12(16)9-3-10(4-13)17-6-9;;/h3,6-7H,4-5,13H2,1-2H3;2*1H. The van der Waals surface area contributed by atoms with Gasteiger partial charge in [-0.1, -0.05) is 0 Å². The van der Waals surface area contributed by atoms with Gasteiger partial charge in [-0.3, -0.25) is 4.79 Å². The van der Waals surface area contributed by atoms with Crippen LogP contribution in [0, 0.1) is 6.92 Å². The van der Waals surface area contributed by atoms with E-state index in [9.17, 15) is 4.79 Å². The fourth-order valence-corrected chi connectivity index (χ4v) is 2.41. The van der Waals surface area contributed by atoms with Crippen LogP contribution in [0.25, 0.3) is 0 Å². The van der Waals surface area contributed by atoms with Gasteiger partial charge in [0.25, 0.3) is 5.91 Å². The number of amides is 1. The van der Waals surface area contributed by atoms with Crippen molar-refractivity contribution in [3.8, 4) is 0 Å². The molecule has 20 heavy (non-hydrogen) atoms. The van der Waals surface area contributed by atoms with E-state index in [1.165, 1.54) is 6.26 Å². The Morgan fingerprint density at radius 3 is 2.70 bits per heavy atom. The van der Waals surface area contributed by atoms with E-state index in [4.69, 9.17) is 10.2 Å². The number of carbonyl (C=O) groups excluding carboxylic acids is 1. The summed E-state index contributed by atoms with van der Waals surface area (Å²) in [6.07, 6.45) is 1.44. The third-order valence-electron chi connectivity index (χ3n) is 2.67. The molecule has 2 heterocycles. The highest BCUT2D eigenvalue weighted by Crippen LogP contribution is 2.16. The summed E-state index contributed by atoms with van der Waals surface area (Å²) in [5, 5.41) is 0. The molecule has 2 rings (SSSR count). The summed E-state index contributed by atoms with van der Waals surface area (Å²) in [5.41, 5.74) is 8.72. The second-order valence-corrected chi connectivity index (χ2v) is 4.97. The number of carbonyl (C=O) groups is 1. The lowest BCUT2D eigenvalue weighted by Gasteiger charge is -2.15. The Hall–Kier alpha value is -1.08. The number of nitrogens with zero attached hydrogens (tertiary/aromatic N) is 2. The zero-order valence-corrected chi connectivity index (χ0v) is 13.6. The maximum atomic E-state index is 12.1. The van der Waals surface area contributed by atoms with E-state index in [0.717, 1.165) is 10.6 Å². The number of thiazole rings is 1. The lowest BCUT2D eigenvalue weighted by atomic mass is 10.2. The van der Waals surface area contributed by atoms with Crippen molar-refractivity contribution in [3.05, 3.63) is 39.7 Å². The smallest absolute Gasteiger partial charge is 0.257 e. The van der Waals surface area contributed by atoms with Gasteiger partial charge < -0.3 is 15.1 Å². The number of halogens is 2. The van der Waals surface area contributed by atoms with Gasteiger partial charge in [-0.15, -0.1) is 36.2 Å². The largest absolute Gasteiger partial charge is 0.467 e. The van der Waals surface area contributed by atoms with E-state index < -0.39 is 0 Å². The van der Waals surface area contributed by atoms with Crippen molar-refractivity contribution >= 4 is 42.1 Å². The molecule has 1 amide bonds. The first-order valence-corrected chi connectivity index (χ1v) is 6.41. The monoisotopic (exact) mass is 337 g/mol. The molecule has 0 bridgehead atoms. The van der Waals surface area contributed by atoms with Crippen LogP contribution in [0.1, 0.15) is 26.7 Å². The number of furan rings is 1. The Kier molecular flexibility index (Phi) is 7.82. The first-order valence-electron chi connectivity index (χ1n) is 5.53. The van der Waals surface area contributed by atoms with Gasteiger partial charge in [-0.25, -0.2) is 4.98 Å². The quantitative estimate of drug-likeness (QED) is 0.930. The SMILES string of the molecule is Cc1ncsc1CN(C)C(=O)c1coc(CN)c1.Cl.Cl. The minimum Gasteiger partial charge on any atom is -0.467 e. The number of hydrogen-bond donors (Lipinski definition) is 1. The van der Waals surface area contributed by atoms with Crippen LogP contribution >= 0.6 is 36.2 Å². The molecule has 0 spiro atoms. The van der Waals surface area contributed by atoms with Crippen molar-refractivity contribution < 1.29 is 9.21 Å². The topological polar surface area (TPSA) is 72.4 Å². The Morgan fingerprint density at radius 1 is 1.50 bits per heavy atom. The molecule has 0 aliphatic carbocycles. The van der Waals surface area contributed by atoms with Crippen molar-refractivity contribution in [2.45, 2.75) is 20.0 Å². The van der Waals surface area contributed by atoms with Gasteiger partial charge >= 0.3 is 0 Å². The van der Waals surface area contributed by atoms with E-state index in [0.29, 0.717) is 24.4 Å². The van der Waals surface area contributed by atoms with E-state index >= 15 is 0 Å². The highest BCUT2D eigenvalue weighted by molar-refractivity contribution is 7.09. The molecule has 0 aliphatic heterocycles. The van der Waals surface area contributed by atoms with E-state index in [1.54, 1.807) is 34.9 Å². The van der Waals surface area contributed by atoms with Crippen LogP contribution in [0.5, 0.6) is 0 Å². The molecular weight excluding hydrogens is 321 g/mol. The van der Waals surface area contributed by atoms with Crippen LogP contribution in [-0.2, 0) is 13.1 Å². The summed E-state index contributed by atoms with van der Waals surface area (Å²) in [6.45, 7) is 2.79. The molecule has 0 saturated heterocycles. The average molecular weight is 338 g/mol. The minimum absolute atomic E-state index is 0. The van der Waals surface area contributed by atoms with Crippen molar-refractivity contribution in [2.24, 2.45) is 5.73 Å². The fraction of sp³-hybridized carbons (Fsp3) is 0.333. The van der Waals surface area contributed by atoms with Gasteiger partial charge in [0.05, 0.1) is 29.9 Å². The normalized spacial score (nSPS) is 9.55. The van der Waals surface area contributed by atoms with Crippen LogP contribution in [0.2, 0.25) is 0 Å². The molecule has 0 saturated carbocycles. The highest BCUT2D eigenvalue weighted by Gasteiger charge is 2.16. The summed E-state index contributed by atoms with van der Waals surface area (Å²) in [5.74, 6) is 0.534. The summed E-state index contributed by atoms with van der Waals surface area (Å²) in [6, 6.07) is 1.68. The third kappa shape index (κ3) is 4.21. The summed E-state index contributed by atoms with van der Waals surface area (Å²) < 4.78 is 5.16. The van der Waals surface area contributed by atoms with Gasteiger partial charge in [0, 0.05) is 11.9 Å². The lowest BCUT2D eigenvalue weighted by Crippen LogP contribution is -2.25. The van der Waals surface area contributed by atoms with E-state index in [-0.39, 0.29) is 30.7 Å². The Balaban J connectivity index is 0.00000180. The molecule has 112 valence electrons. The molecular formula is C12H17Cl2N3O2S. The molecule has 2 aromatic heterocycles. The third-order valence-corrected chi connectivity index (χ3v) is 3.59. The van der Waals surface area contributed by atoms with Gasteiger partial charge in [0.15, 0.2) is 0 Å². The molecule has 0 unspecified atom stereocenters. The van der Waals surface area contributed by atoms with Crippen molar-refractivity contribution in [2.75, 3.05) is 7.05 Å². The molecule has 8 heteroatoms. The summed E-state index contributed by atoms with van der Waals surface area (Å²) in [7, 11) is 1.76. The number of rotatable bonds is 4. The molecule has 2 aromatic rings. The van der Waals surface area contributed by atoms with Crippen LogP contribution in [0.15, 0.2) is 22.3 Å². The molecule has 2 N–H and O–H groups in total. The van der Waals surface area contributed by atoms with Crippen molar-refractivity contribution in [3.63, 3.8) is 0 Å². The summed E-state index contributed by atoms with van der Waals surface area (Å²) in [4.78, 5) is 19.0. The molecule has 0 atom stereocenters. The fourth-order valence-electron chi connectivity index (χ4n) is 1.59. The van der Waals surface area contributed by atoms with Crippen molar-refractivity contribution in [1.29, 1.82) is 0 Å². The summed E-state index contributed by atoms with van der Waals surface area (Å²) >= 11 is 1.55. The van der Waals surface area contributed by atoms with Crippen LogP contribution in [0.3, 0.4) is 0 Å². The first kappa shape index (κ1) is 18.9. The molecule has 0 aromatic carbocycles. The molecule has 5 nitrogen and oxygen atoms in total. The van der Waals surface area contributed by atoms with E-state index in [2.05, 4.69) is 4.98 Å². The predicted octanol–water partition coefficient (Wildman–Crippen LogP) is 2.62. The minimum atomic E-state index is -0.0775. The second-order valence-electron chi connectivity index (χ2n) is 4.03. The van der Waals surface area contributed by atoms with Crippen LogP contribution < -0.4 is 5.73 Å². The number of aromatic nitrogens is 1. The predicted molar refractivity (Wildman–Crippen MR) is 83.7 cm³/mol. The number of nitrogens with two attached hydrogens (primary N) is 1. The van der Waals surface area contributed by atoms with Gasteiger partial charge in [-0.05, 0) is 13.0 Å². The maximum Gasteiger partial charge on any atom is 0.257 e. The van der Waals surface area contributed by atoms with Gasteiger partial charge in [-0.2, -0.15) is 0 Å². The van der Waals surface area contributed by atoms with Crippen molar-refractivity contribution in [1.82, 2.24) is 9.88 Å². The zero-order chi connectivity index (χ0) is 13.1. The lowest BCUT2D eigenvalue weighted by molar-refractivity contribution is 0.0785. The van der Waals surface area contributed by atoms with Crippen LogP contribution in [-0.4, -0.2) is 22.8 Å². The molecule has 0 radical (unpaired) electrons. The Bertz CT molecular complexity index is 556. The van der Waals surface area contributed by atoms with Gasteiger partial charge in [0.2, 0.25) is 0 Å². The number of hydrogen-bond acceptors (Lipinski definition) is 5. The highest BCUT2D eigenvalue weighted by atomic mass is 35.5. The Labute approximate surface area is 134 Å². The average Bonchev–Trinajstić information content (AvgIpc) is 2.98. The Morgan fingerprint density at radius 2 is 2.20 bits per heavy atom. The van der Waals surface area contributed by atoms with Crippen LogP contribution in [0.4, 0.5) is 0 Å². The van der Waals surface area contributed by atoms with E-state index in [1.807, 2.05) is 6.92 Å². The second kappa shape index (κ2) is 8.26. The number of aryl methyl sites for hydroxylation is 1. The van der Waals surface area contributed by atoms with Gasteiger partial charge in [0.1, 0.15) is 12.0 Å². The first-order chi connectivity index (χ1) is 8.61. The molecule has 0 fully saturated rings. The zero-order valence-electron chi connectivity index (χ0n) is 11.2. The molecule has 0 aliphatic rings. The maximum absolute atomic E-state index is 12.1.